The van der Waals surface area contributed by atoms with E-state index in [4.69, 9.17) is 9.63 Å². The van der Waals surface area contributed by atoms with Crippen molar-refractivity contribution in [3.05, 3.63) is 46.8 Å². The summed E-state index contributed by atoms with van der Waals surface area (Å²) in [5.41, 5.74) is 2.00. The predicted molar refractivity (Wildman–Crippen MR) is 70.0 cm³/mol. The van der Waals surface area contributed by atoms with E-state index < -0.39 is 5.97 Å². The SMILES string of the molecule is Cc1cc(C(=O)N2CCc3ccc(C(=O)O)cc32)no1. The average molecular weight is 272 g/mol. The lowest BCUT2D eigenvalue weighted by Gasteiger charge is -2.15. The number of aryl methyl sites for hydroxylation is 1. The number of amides is 1. The summed E-state index contributed by atoms with van der Waals surface area (Å²) in [5.74, 6) is -0.723. The first-order valence-electron chi connectivity index (χ1n) is 6.17. The number of hydrogen-bond acceptors (Lipinski definition) is 4. The van der Waals surface area contributed by atoms with Gasteiger partial charge >= 0.3 is 5.97 Å². The van der Waals surface area contributed by atoms with E-state index in [1.165, 1.54) is 6.07 Å². The summed E-state index contributed by atoms with van der Waals surface area (Å²) in [7, 11) is 0. The van der Waals surface area contributed by atoms with Gasteiger partial charge in [-0.25, -0.2) is 4.79 Å². The second-order valence-corrected chi connectivity index (χ2v) is 4.68. The number of fused-ring (bicyclic) bond motifs is 1. The van der Waals surface area contributed by atoms with E-state index in [9.17, 15) is 9.59 Å². The van der Waals surface area contributed by atoms with Gasteiger partial charge in [-0.1, -0.05) is 11.2 Å². The van der Waals surface area contributed by atoms with Crippen LogP contribution in [0.2, 0.25) is 0 Å². The average Bonchev–Trinajstić information content (AvgIpc) is 3.03. The molecule has 1 N–H and O–H groups in total. The lowest BCUT2D eigenvalue weighted by atomic mass is 10.1. The van der Waals surface area contributed by atoms with Crippen molar-refractivity contribution in [3.8, 4) is 0 Å². The number of hydrogen-bond donors (Lipinski definition) is 1. The van der Waals surface area contributed by atoms with Crippen molar-refractivity contribution in [2.75, 3.05) is 11.4 Å². The smallest absolute Gasteiger partial charge is 0.335 e. The third kappa shape index (κ3) is 1.95. The van der Waals surface area contributed by atoms with Crippen LogP contribution in [-0.4, -0.2) is 28.7 Å². The molecule has 3 rings (SSSR count). The Morgan fingerprint density at radius 2 is 2.15 bits per heavy atom. The maximum absolute atomic E-state index is 12.4. The van der Waals surface area contributed by atoms with Crippen LogP contribution >= 0.6 is 0 Å². The van der Waals surface area contributed by atoms with E-state index in [0.717, 1.165) is 5.56 Å². The molecule has 0 saturated heterocycles. The Hall–Kier alpha value is -2.63. The summed E-state index contributed by atoms with van der Waals surface area (Å²) >= 11 is 0. The van der Waals surface area contributed by atoms with Crippen molar-refractivity contribution in [3.63, 3.8) is 0 Å². The highest BCUT2D eigenvalue weighted by Crippen LogP contribution is 2.30. The van der Waals surface area contributed by atoms with E-state index in [-0.39, 0.29) is 17.2 Å². The maximum atomic E-state index is 12.4. The van der Waals surface area contributed by atoms with E-state index in [2.05, 4.69) is 5.16 Å². The Morgan fingerprint density at radius 3 is 2.80 bits per heavy atom. The first kappa shape index (κ1) is 12.4. The van der Waals surface area contributed by atoms with Crippen LogP contribution in [0.4, 0.5) is 5.69 Å². The van der Waals surface area contributed by atoms with Gasteiger partial charge in [-0.15, -0.1) is 0 Å². The fourth-order valence-corrected chi connectivity index (χ4v) is 2.33. The number of anilines is 1. The molecule has 1 aromatic carbocycles. The third-order valence-electron chi connectivity index (χ3n) is 3.32. The van der Waals surface area contributed by atoms with Crippen LogP contribution in [0.3, 0.4) is 0 Å². The Kier molecular flexibility index (Phi) is 2.78. The van der Waals surface area contributed by atoms with Gasteiger partial charge in [0.05, 0.1) is 5.56 Å². The molecule has 2 heterocycles. The van der Waals surface area contributed by atoms with Gasteiger partial charge < -0.3 is 14.5 Å². The van der Waals surface area contributed by atoms with Crippen molar-refractivity contribution in [1.29, 1.82) is 0 Å². The Bertz CT molecular complexity index is 705. The summed E-state index contributed by atoms with van der Waals surface area (Å²) in [5, 5.41) is 12.7. The van der Waals surface area contributed by atoms with Gasteiger partial charge in [0, 0.05) is 18.3 Å². The molecular formula is C14H12N2O4. The molecule has 0 unspecified atom stereocenters. The van der Waals surface area contributed by atoms with E-state index in [0.29, 0.717) is 24.4 Å². The van der Waals surface area contributed by atoms with Crippen molar-refractivity contribution in [2.24, 2.45) is 0 Å². The molecule has 1 aliphatic heterocycles. The van der Waals surface area contributed by atoms with Crippen LogP contribution in [0.25, 0.3) is 0 Å². The standard InChI is InChI=1S/C14H12N2O4/c1-8-6-11(15-20-8)13(17)16-5-4-9-2-3-10(14(18)19)7-12(9)16/h2-3,6-7H,4-5H2,1H3,(H,18,19). The number of aromatic carboxylic acids is 1. The molecule has 0 bridgehead atoms. The summed E-state index contributed by atoms with van der Waals surface area (Å²) in [6, 6.07) is 6.40. The number of aromatic nitrogens is 1. The largest absolute Gasteiger partial charge is 0.478 e. The van der Waals surface area contributed by atoms with E-state index in [1.807, 2.05) is 0 Å². The van der Waals surface area contributed by atoms with Crippen LogP contribution < -0.4 is 4.90 Å². The van der Waals surface area contributed by atoms with Gasteiger partial charge in [0.15, 0.2) is 5.69 Å². The van der Waals surface area contributed by atoms with Crippen LogP contribution in [0, 0.1) is 6.92 Å². The zero-order valence-electron chi connectivity index (χ0n) is 10.8. The highest BCUT2D eigenvalue weighted by Gasteiger charge is 2.28. The molecule has 0 radical (unpaired) electrons. The summed E-state index contributed by atoms with van der Waals surface area (Å²) in [4.78, 5) is 24.9. The van der Waals surface area contributed by atoms with E-state index >= 15 is 0 Å². The Morgan fingerprint density at radius 1 is 1.35 bits per heavy atom. The van der Waals surface area contributed by atoms with Gasteiger partial charge in [0.1, 0.15) is 5.76 Å². The van der Waals surface area contributed by atoms with Crippen LogP contribution in [-0.2, 0) is 6.42 Å². The second kappa shape index (κ2) is 4.48. The highest BCUT2D eigenvalue weighted by atomic mass is 16.5. The number of rotatable bonds is 2. The van der Waals surface area contributed by atoms with Gasteiger partial charge in [0.25, 0.3) is 5.91 Å². The van der Waals surface area contributed by atoms with Gasteiger partial charge in [-0.05, 0) is 31.0 Å². The summed E-state index contributed by atoms with van der Waals surface area (Å²) < 4.78 is 4.90. The monoisotopic (exact) mass is 272 g/mol. The predicted octanol–water partition coefficient (Wildman–Crippen LogP) is 1.88. The van der Waals surface area contributed by atoms with Crippen molar-refractivity contribution < 1.29 is 19.2 Å². The summed E-state index contributed by atoms with van der Waals surface area (Å²) in [6.07, 6.45) is 0.706. The molecular weight excluding hydrogens is 260 g/mol. The number of nitrogens with zero attached hydrogens (tertiary/aromatic N) is 2. The first-order valence-corrected chi connectivity index (χ1v) is 6.17. The molecule has 6 heteroatoms. The zero-order chi connectivity index (χ0) is 14.3. The fraction of sp³-hybridized carbons (Fsp3) is 0.214. The molecule has 0 saturated carbocycles. The maximum Gasteiger partial charge on any atom is 0.335 e. The van der Waals surface area contributed by atoms with Gasteiger partial charge in [0.2, 0.25) is 0 Å². The molecule has 0 spiro atoms. The van der Waals surface area contributed by atoms with Crippen LogP contribution in [0.5, 0.6) is 0 Å². The second-order valence-electron chi connectivity index (χ2n) is 4.68. The van der Waals surface area contributed by atoms with Crippen molar-refractivity contribution in [1.82, 2.24) is 5.16 Å². The van der Waals surface area contributed by atoms with Gasteiger partial charge in [-0.3, -0.25) is 4.79 Å². The molecule has 0 aliphatic carbocycles. The Labute approximate surface area is 114 Å². The molecule has 0 atom stereocenters. The fourth-order valence-electron chi connectivity index (χ4n) is 2.33. The van der Waals surface area contributed by atoms with Crippen molar-refractivity contribution in [2.45, 2.75) is 13.3 Å². The zero-order valence-corrected chi connectivity index (χ0v) is 10.8. The van der Waals surface area contributed by atoms with E-state index in [1.54, 1.807) is 30.0 Å². The quantitative estimate of drug-likeness (QED) is 0.902. The minimum atomic E-state index is -1.01. The van der Waals surface area contributed by atoms with Crippen molar-refractivity contribution >= 4 is 17.6 Å². The third-order valence-corrected chi connectivity index (χ3v) is 3.32. The van der Waals surface area contributed by atoms with Crippen LogP contribution in [0.1, 0.15) is 32.2 Å². The minimum absolute atomic E-state index is 0.166. The molecule has 0 fully saturated rings. The lowest BCUT2D eigenvalue weighted by Crippen LogP contribution is -2.29. The molecule has 2 aromatic rings. The molecule has 102 valence electrons. The normalized spacial score (nSPS) is 13.3. The highest BCUT2D eigenvalue weighted by molar-refractivity contribution is 6.06. The number of carbonyl (C=O) groups excluding carboxylic acids is 1. The number of carboxylic acids is 1. The number of benzene rings is 1. The number of carboxylic acid groups (broad SMARTS) is 1. The molecule has 1 aromatic heterocycles. The topological polar surface area (TPSA) is 83.6 Å². The van der Waals surface area contributed by atoms with Gasteiger partial charge in [-0.2, -0.15) is 0 Å². The lowest BCUT2D eigenvalue weighted by molar-refractivity contribution is 0.0696. The molecule has 6 nitrogen and oxygen atoms in total. The Balaban J connectivity index is 1.97. The summed E-state index contributed by atoms with van der Waals surface area (Å²) in [6.45, 7) is 2.23. The number of carbonyl (C=O) groups is 2. The molecule has 1 amide bonds. The molecule has 20 heavy (non-hydrogen) atoms. The molecule has 1 aliphatic rings. The van der Waals surface area contributed by atoms with Crippen LogP contribution in [0.15, 0.2) is 28.8 Å². The first-order chi connectivity index (χ1) is 9.56. The minimum Gasteiger partial charge on any atom is -0.478 e.